The van der Waals surface area contributed by atoms with Crippen molar-refractivity contribution in [3.63, 3.8) is 0 Å². The number of allylic oxidation sites excluding steroid dienone is 2. The summed E-state index contributed by atoms with van der Waals surface area (Å²) >= 11 is 0. The van der Waals surface area contributed by atoms with E-state index >= 15 is 0 Å². The molecule has 8 unspecified atom stereocenters. The van der Waals surface area contributed by atoms with E-state index in [1.165, 1.54) is 23.7 Å². The van der Waals surface area contributed by atoms with Crippen molar-refractivity contribution in [1.82, 2.24) is 0 Å². The Morgan fingerprint density at radius 2 is 1.29 bits per heavy atom. The van der Waals surface area contributed by atoms with E-state index in [1.807, 2.05) is 11.1 Å². The Morgan fingerprint density at radius 1 is 0.588 bits per heavy atom. The lowest BCUT2D eigenvalue weighted by Crippen LogP contribution is -2.29. The van der Waals surface area contributed by atoms with Gasteiger partial charge in [0.2, 0.25) is 0 Å². The summed E-state index contributed by atoms with van der Waals surface area (Å²) in [6.07, 6.45) is 11.1. The minimum absolute atomic E-state index is 1.12. The molecule has 0 spiro atoms. The van der Waals surface area contributed by atoms with Gasteiger partial charge in [0.15, 0.2) is 0 Å². The molecule has 6 aliphatic carbocycles. The second kappa shape index (κ2) is 2.53. The van der Waals surface area contributed by atoms with Gasteiger partial charge in [-0.1, -0.05) is 11.1 Å². The van der Waals surface area contributed by atoms with Crippen LogP contribution in [0.3, 0.4) is 0 Å². The van der Waals surface area contributed by atoms with Crippen molar-refractivity contribution in [3.8, 4) is 0 Å². The highest BCUT2D eigenvalue weighted by molar-refractivity contribution is 5.38. The monoisotopic (exact) mass is 226 g/mol. The summed E-state index contributed by atoms with van der Waals surface area (Å²) in [6.45, 7) is 0. The molecule has 0 aromatic heterocycles. The summed E-state index contributed by atoms with van der Waals surface area (Å²) in [6, 6.07) is 0. The molecule has 0 bridgehead atoms. The number of fused-ring (bicyclic) bond motifs is 8. The van der Waals surface area contributed by atoms with Crippen molar-refractivity contribution in [2.24, 2.45) is 47.3 Å². The maximum absolute atomic E-state index is 2.04. The van der Waals surface area contributed by atoms with Crippen molar-refractivity contribution in [2.75, 3.05) is 0 Å². The van der Waals surface area contributed by atoms with Crippen LogP contribution < -0.4 is 0 Å². The zero-order chi connectivity index (χ0) is 10.7. The summed E-state index contributed by atoms with van der Waals surface area (Å²) in [5, 5.41) is 0. The van der Waals surface area contributed by atoms with Gasteiger partial charge in [-0.05, 0) is 92.3 Å². The van der Waals surface area contributed by atoms with Crippen LogP contribution in [0.4, 0.5) is 0 Å². The van der Waals surface area contributed by atoms with Crippen LogP contribution in [-0.4, -0.2) is 0 Å². The van der Waals surface area contributed by atoms with Crippen LogP contribution in [0.5, 0.6) is 0 Å². The van der Waals surface area contributed by atoms with E-state index in [0.29, 0.717) is 0 Å². The molecule has 0 amide bonds. The van der Waals surface area contributed by atoms with Crippen molar-refractivity contribution in [3.05, 3.63) is 11.1 Å². The van der Waals surface area contributed by atoms with Gasteiger partial charge in [-0.2, -0.15) is 0 Å². The molecule has 0 saturated heterocycles. The molecule has 4 fully saturated rings. The van der Waals surface area contributed by atoms with Gasteiger partial charge in [0.25, 0.3) is 0 Å². The van der Waals surface area contributed by atoms with Crippen LogP contribution in [-0.2, 0) is 0 Å². The van der Waals surface area contributed by atoms with Crippen LogP contribution in [0.2, 0.25) is 0 Å². The first-order valence-corrected chi connectivity index (χ1v) is 8.12. The van der Waals surface area contributed by atoms with E-state index in [2.05, 4.69) is 0 Å². The number of hydrogen-bond acceptors (Lipinski definition) is 0. The zero-order valence-corrected chi connectivity index (χ0v) is 10.6. The summed E-state index contributed by atoms with van der Waals surface area (Å²) in [5.41, 5.74) is 4.08. The van der Waals surface area contributed by atoms with Gasteiger partial charge in [-0.3, -0.25) is 0 Å². The summed E-state index contributed by atoms with van der Waals surface area (Å²) in [7, 11) is 0. The van der Waals surface area contributed by atoms with E-state index in [4.69, 9.17) is 0 Å². The molecule has 0 heteroatoms. The topological polar surface area (TPSA) is 0 Å². The Kier molecular flexibility index (Phi) is 1.31. The van der Waals surface area contributed by atoms with Crippen LogP contribution in [0, 0.1) is 47.3 Å². The minimum Gasteiger partial charge on any atom is -0.0670 e. The first-order chi connectivity index (χ1) is 8.40. The second-order valence-corrected chi connectivity index (χ2v) is 8.13. The molecule has 0 N–H and O–H groups in total. The van der Waals surface area contributed by atoms with Gasteiger partial charge in [0.1, 0.15) is 0 Å². The summed E-state index contributed by atoms with van der Waals surface area (Å²) < 4.78 is 0. The molecular weight excluding hydrogens is 204 g/mol. The van der Waals surface area contributed by atoms with Crippen LogP contribution >= 0.6 is 0 Å². The number of hydrogen-bond donors (Lipinski definition) is 0. The predicted molar refractivity (Wildman–Crippen MR) is 67.3 cm³/mol. The third-order valence-electron chi connectivity index (χ3n) is 7.52. The SMILES string of the molecule is C1CC2CC2C2CC3=C(CC12)C1CC1C1CC31. The third-order valence-corrected chi connectivity index (χ3v) is 7.52. The zero-order valence-electron chi connectivity index (χ0n) is 10.6. The van der Waals surface area contributed by atoms with E-state index in [1.54, 1.807) is 44.9 Å². The summed E-state index contributed by atoms with van der Waals surface area (Å²) in [4.78, 5) is 0. The van der Waals surface area contributed by atoms with E-state index in [-0.39, 0.29) is 0 Å². The molecule has 0 nitrogen and oxygen atoms in total. The molecule has 8 atom stereocenters. The predicted octanol–water partition coefficient (Wildman–Crippen LogP) is 4.02. The fourth-order valence-corrected chi connectivity index (χ4v) is 6.45. The molecule has 90 valence electrons. The van der Waals surface area contributed by atoms with Crippen LogP contribution in [0.25, 0.3) is 0 Å². The Labute approximate surface area is 104 Å². The average molecular weight is 226 g/mol. The molecule has 0 aliphatic heterocycles. The van der Waals surface area contributed by atoms with Crippen LogP contribution in [0.1, 0.15) is 44.9 Å². The highest BCUT2D eigenvalue weighted by Crippen LogP contribution is 2.72. The quantitative estimate of drug-likeness (QED) is 0.547. The summed E-state index contributed by atoms with van der Waals surface area (Å²) in [5.74, 6) is 9.28. The van der Waals surface area contributed by atoms with Gasteiger partial charge in [-0.25, -0.2) is 0 Å². The fourth-order valence-electron chi connectivity index (χ4n) is 6.45. The lowest BCUT2D eigenvalue weighted by atomic mass is 9.66. The first-order valence-electron chi connectivity index (χ1n) is 8.12. The van der Waals surface area contributed by atoms with Crippen molar-refractivity contribution in [1.29, 1.82) is 0 Å². The molecule has 0 aromatic rings. The maximum atomic E-state index is 2.04. The minimum atomic E-state index is 1.12. The van der Waals surface area contributed by atoms with Gasteiger partial charge >= 0.3 is 0 Å². The van der Waals surface area contributed by atoms with E-state index in [0.717, 1.165) is 23.7 Å². The van der Waals surface area contributed by atoms with Crippen molar-refractivity contribution < 1.29 is 0 Å². The van der Waals surface area contributed by atoms with Gasteiger partial charge in [0.05, 0.1) is 0 Å². The van der Waals surface area contributed by atoms with Gasteiger partial charge in [-0.15, -0.1) is 0 Å². The highest BCUT2D eigenvalue weighted by atomic mass is 14.7. The Hall–Kier alpha value is -0.260. The Bertz CT molecular complexity index is 445. The smallest absolute Gasteiger partial charge is 0.0166 e. The van der Waals surface area contributed by atoms with Crippen molar-refractivity contribution in [2.45, 2.75) is 44.9 Å². The van der Waals surface area contributed by atoms with Crippen molar-refractivity contribution >= 4 is 0 Å². The average Bonchev–Trinajstić information content (AvgIpc) is 3.25. The largest absolute Gasteiger partial charge is 0.0670 e. The molecule has 6 rings (SSSR count). The second-order valence-electron chi connectivity index (χ2n) is 8.13. The first kappa shape index (κ1) is 8.77. The lowest BCUT2D eigenvalue weighted by molar-refractivity contribution is 0.195. The molecule has 0 radical (unpaired) electrons. The van der Waals surface area contributed by atoms with E-state index < -0.39 is 0 Å². The lowest BCUT2D eigenvalue weighted by Gasteiger charge is -2.39. The molecular formula is C17H22. The molecule has 0 aromatic carbocycles. The molecule has 17 heavy (non-hydrogen) atoms. The van der Waals surface area contributed by atoms with E-state index in [9.17, 15) is 0 Å². The van der Waals surface area contributed by atoms with Gasteiger partial charge < -0.3 is 0 Å². The number of rotatable bonds is 0. The van der Waals surface area contributed by atoms with Gasteiger partial charge in [0, 0.05) is 0 Å². The fraction of sp³-hybridized carbons (Fsp3) is 0.882. The molecule has 4 saturated carbocycles. The Morgan fingerprint density at radius 3 is 2.12 bits per heavy atom. The molecule has 6 aliphatic rings. The normalized spacial score (nSPS) is 64.9. The highest BCUT2D eigenvalue weighted by Gasteiger charge is 2.62. The Balaban J connectivity index is 1.42. The molecule has 0 heterocycles. The third kappa shape index (κ3) is 0.992. The maximum Gasteiger partial charge on any atom is -0.0166 e. The van der Waals surface area contributed by atoms with Crippen LogP contribution in [0.15, 0.2) is 11.1 Å². The standard InChI is InChI=1S/C17H22/c1-2-9-4-12-13(5-11(9)10-3-8(1)10)15-7-17(15)16-6-14(12)16/h8-11,14-17H,1-7H2.